The maximum absolute atomic E-state index is 10.5. The van der Waals surface area contributed by atoms with Crippen LogP contribution in [0, 0.1) is 0 Å². The first kappa shape index (κ1) is 8.39. The predicted molar refractivity (Wildman–Crippen MR) is 36.4 cm³/mol. The van der Waals surface area contributed by atoms with Gasteiger partial charge in [0.2, 0.25) is 9.76 Å². The van der Waals surface area contributed by atoms with Crippen LogP contribution < -0.4 is 0 Å². The molecule has 9 heavy (non-hydrogen) atoms. The van der Waals surface area contributed by atoms with Gasteiger partial charge < -0.3 is 4.89 Å². The van der Waals surface area contributed by atoms with Gasteiger partial charge in [0.1, 0.15) is 0 Å². The lowest BCUT2D eigenvalue weighted by Crippen LogP contribution is -2.06. The fourth-order valence-electron chi connectivity index (χ4n) is 0.184. The maximum atomic E-state index is 10.5. The molecule has 0 saturated carbocycles. The molecule has 0 aromatic carbocycles. The van der Waals surface area contributed by atoms with Crippen molar-refractivity contribution in [3.05, 3.63) is 12.2 Å². The summed E-state index contributed by atoms with van der Waals surface area (Å²) in [5, 5.41) is 0. The van der Waals surface area contributed by atoms with Gasteiger partial charge in [0.05, 0.1) is 0 Å². The smallest absolute Gasteiger partial charge is 0.306 e. The van der Waals surface area contributed by atoms with Gasteiger partial charge in [0.15, 0.2) is 0 Å². The predicted octanol–water partition coefficient (Wildman–Crippen LogP) is 0.169. The van der Waals surface area contributed by atoms with Crippen LogP contribution in [0.5, 0.6) is 0 Å². The van der Waals surface area contributed by atoms with E-state index in [2.05, 4.69) is 16.0 Å². The summed E-state index contributed by atoms with van der Waals surface area (Å²) in [5.74, 6) is -0.482. The molecule has 0 bridgehead atoms. The molecule has 0 spiro atoms. The molecule has 0 saturated heterocycles. The van der Waals surface area contributed by atoms with Crippen molar-refractivity contribution in [1.82, 2.24) is 0 Å². The van der Waals surface area contributed by atoms with Crippen molar-refractivity contribution >= 4 is 15.7 Å². The van der Waals surface area contributed by atoms with E-state index in [0.29, 0.717) is 5.57 Å². The van der Waals surface area contributed by atoms with Gasteiger partial charge in [-0.2, -0.15) is 0 Å². The van der Waals surface area contributed by atoms with E-state index >= 15 is 0 Å². The van der Waals surface area contributed by atoms with E-state index in [-0.39, 0.29) is 0 Å². The Morgan fingerprint density at radius 1 is 1.67 bits per heavy atom. The van der Waals surface area contributed by atoms with Crippen LogP contribution in [0.1, 0.15) is 6.92 Å². The highest BCUT2D eigenvalue weighted by molar-refractivity contribution is 6.24. The molecule has 52 valence electrons. The molecule has 0 aliphatic rings. The van der Waals surface area contributed by atoms with Gasteiger partial charge in [-0.3, -0.25) is 0 Å². The third kappa shape index (κ3) is 3.93. The summed E-state index contributed by atoms with van der Waals surface area (Å²) in [4.78, 5) is 14.8. The van der Waals surface area contributed by atoms with Gasteiger partial charge in [-0.05, 0) is 13.5 Å². The van der Waals surface area contributed by atoms with E-state index in [0.717, 1.165) is 0 Å². The highest BCUT2D eigenvalue weighted by Gasteiger charge is 2.01. The molecule has 0 unspecified atom stereocenters. The van der Waals surface area contributed by atoms with Crippen molar-refractivity contribution < 1.29 is 14.3 Å². The molecule has 0 N–H and O–H groups in total. The van der Waals surface area contributed by atoms with E-state index in [1.807, 2.05) is 6.55 Å². The van der Waals surface area contributed by atoms with E-state index in [1.165, 1.54) is 0 Å². The number of carbonyl (C=O) groups excluding carboxylic acids is 1. The summed E-state index contributed by atoms with van der Waals surface area (Å²) < 4.78 is 4.49. The summed E-state index contributed by atoms with van der Waals surface area (Å²) in [6.07, 6.45) is 0. The largest absolute Gasteiger partial charge is 0.366 e. The average Bonchev–Trinajstić information content (AvgIpc) is 1.82. The van der Waals surface area contributed by atoms with E-state index in [1.54, 1.807) is 6.92 Å². The second kappa shape index (κ2) is 4.28. The fourth-order valence-corrected chi connectivity index (χ4v) is 0.408. The summed E-state index contributed by atoms with van der Waals surface area (Å²) in [6.45, 7) is 6.81. The van der Waals surface area contributed by atoms with Crippen molar-refractivity contribution in [2.75, 3.05) is 0 Å². The minimum atomic E-state index is -0.645. The standard InChI is InChI=1S/C5H10O3Si/c1-4(2)5(6)7-8-9-3/h1,9H2,2-3H3. The Morgan fingerprint density at radius 2 is 2.22 bits per heavy atom. The number of carbonyl (C=O) groups is 1. The minimum absolute atomic E-state index is 0.359. The number of hydrogen-bond acceptors (Lipinski definition) is 3. The molecule has 0 atom stereocenters. The molecule has 4 heteroatoms. The van der Waals surface area contributed by atoms with Crippen LogP contribution >= 0.6 is 0 Å². The zero-order valence-electron chi connectivity index (χ0n) is 5.64. The van der Waals surface area contributed by atoms with Crippen molar-refractivity contribution in [2.24, 2.45) is 0 Å². The molecular formula is C5H10O3Si. The zero-order chi connectivity index (χ0) is 7.28. The van der Waals surface area contributed by atoms with Crippen molar-refractivity contribution in [1.29, 1.82) is 0 Å². The van der Waals surface area contributed by atoms with Gasteiger partial charge in [0, 0.05) is 5.57 Å². The van der Waals surface area contributed by atoms with Crippen LogP contribution in [0.25, 0.3) is 0 Å². The fraction of sp³-hybridized carbons (Fsp3) is 0.400. The molecule has 0 fully saturated rings. The normalized spacial score (nSPS) is 10.0. The van der Waals surface area contributed by atoms with Gasteiger partial charge in [-0.25, -0.2) is 9.37 Å². The first-order valence-corrected chi connectivity index (χ1v) is 4.67. The Bertz CT molecular complexity index is 121. The van der Waals surface area contributed by atoms with E-state index in [4.69, 9.17) is 0 Å². The quantitative estimate of drug-likeness (QED) is 0.246. The summed E-state index contributed by atoms with van der Waals surface area (Å²) >= 11 is 0. The SMILES string of the molecule is C=C(C)C(=O)OO[SiH2]C. The van der Waals surface area contributed by atoms with Gasteiger partial charge in [0.25, 0.3) is 0 Å². The average molecular weight is 146 g/mol. The maximum Gasteiger partial charge on any atom is 0.366 e. The highest BCUT2D eigenvalue weighted by atomic mass is 28.2. The van der Waals surface area contributed by atoms with E-state index in [9.17, 15) is 4.79 Å². The van der Waals surface area contributed by atoms with Crippen LogP contribution in [0.3, 0.4) is 0 Å². The third-order valence-corrected chi connectivity index (χ3v) is 0.954. The lowest BCUT2D eigenvalue weighted by molar-refractivity contribution is -0.209. The van der Waals surface area contributed by atoms with Crippen LogP contribution in [0.2, 0.25) is 6.55 Å². The minimum Gasteiger partial charge on any atom is -0.306 e. The second-order valence-corrected chi connectivity index (χ2v) is 2.37. The van der Waals surface area contributed by atoms with Crippen LogP contribution in [0.4, 0.5) is 0 Å². The molecule has 0 rings (SSSR count). The Morgan fingerprint density at radius 3 is 2.56 bits per heavy atom. The van der Waals surface area contributed by atoms with Gasteiger partial charge in [-0.15, -0.1) is 0 Å². The Labute approximate surface area is 56.5 Å². The molecule has 0 radical (unpaired) electrons. The summed E-state index contributed by atoms with van der Waals surface area (Å²) in [7, 11) is -0.645. The third-order valence-electron chi connectivity index (χ3n) is 0.601. The van der Waals surface area contributed by atoms with Gasteiger partial charge in [-0.1, -0.05) is 6.58 Å². The van der Waals surface area contributed by atoms with Crippen molar-refractivity contribution in [3.8, 4) is 0 Å². The first-order chi connectivity index (χ1) is 4.18. The molecular weight excluding hydrogens is 136 g/mol. The number of hydrogen-bond donors (Lipinski definition) is 0. The monoisotopic (exact) mass is 146 g/mol. The van der Waals surface area contributed by atoms with Crippen molar-refractivity contribution in [3.63, 3.8) is 0 Å². The summed E-state index contributed by atoms with van der Waals surface area (Å²) in [5.41, 5.74) is 0.359. The number of rotatable bonds is 3. The molecule has 0 heterocycles. The highest BCUT2D eigenvalue weighted by Crippen LogP contribution is 1.90. The lowest BCUT2D eigenvalue weighted by Gasteiger charge is -1.98. The van der Waals surface area contributed by atoms with Crippen molar-refractivity contribution in [2.45, 2.75) is 13.5 Å². The molecule has 3 nitrogen and oxygen atoms in total. The van der Waals surface area contributed by atoms with E-state index < -0.39 is 15.7 Å². The zero-order valence-corrected chi connectivity index (χ0v) is 7.05. The molecule has 0 aliphatic heterocycles. The Hall–Kier alpha value is -0.613. The lowest BCUT2D eigenvalue weighted by atomic mass is 10.4. The Balaban J connectivity index is 3.39. The Kier molecular flexibility index (Phi) is 3.99. The van der Waals surface area contributed by atoms with Gasteiger partial charge >= 0.3 is 5.97 Å². The first-order valence-electron chi connectivity index (χ1n) is 2.67. The molecule has 0 aromatic rings. The second-order valence-electron chi connectivity index (χ2n) is 1.56. The van der Waals surface area contributed by atoms with Crippen LogP contribution in [-0.4, -0.2) is 15.7 Å². The molecule has 0 aromatic heterocycles. The topological polar surface area (TPSA) is 35.5 Å². The summed E-state index contributed by atoms with van der Waals surface area (Å²) in [6, 6.07) is 0. The van der Waals surface area contributed by atoms with Crippen LogP contribution in [0.15, 0.2) is 12.2 Å². The molecule has 0 aliphatic carbocycles. The molecule has 0 amide bonds. The van der Waals surface area contributed by atoms with Crippen LogP contribution in [-0.2, 0) is 14.3 Å².